The van der Waals surface area contributed by atoms with Gasteiger partial charge in [-0.05, 0) is 18.9 Å². The van der Waals surface area contributed by atoms with Crippen LogP contribution in [-0.2, 0) is 5.67 Å². The van der Waals surface area contributed by atoms with Gasteiger partial charge in [-0.1, -0.05) is 0 Å². The van der Waals surface area contributed by atoms with Gasteiger partial charge in [0, 0.05) is 36.7 Å². The summed E-state index contributed by atoms with van der Waals surface area (Å²) >= 11 is 0. The molecule has 86 valence electrons. The molecule has 1 aromatic rings. The van der Waals surface area contributed by atoms with E-state index in [4.69, 9.17) is 0 Å². The molecular weight excluding hydrogens is 210 g/mol. The lowest BCUT2D eigenvalue weighted by atomic mass is 9.83. The zero-order valence-corrected chi connectivity index (χ0v) is 8.92. The van der Waals surface area contributed by atoms with E-state index in [1.54, 1.807) is 0 Å². The number of fused-ring (bicyclic) bond motifs is 2. The van der Waals surface area contributed by atoms with Crippen molar-refractivity contribution in [2.75, 3.05) is 0 Å². The molecule has 2 aliphatic rings. The average Bonchev–Trinajstić information content (AvgIpc) is 2.59. The number of nitrogens with zero attached hydrogens (tertiary/aromatic N) is 1. The molecule has 0 aliphatic carbocycles. The van der Waals surface area contributed by atoms with E-state index in [0.29, 0.717) is 12.8 Å². The van der Waals surface area contributed by atoms with Crippen LogP contribution in [0.4, 0.5) is 8.78 Å². The number of nitrogens with one attached hydrogen (secondary N) is 1. The maximum absolute atomic E-state index is 14.8. The smallest absolute Gasteiger partial charge is 0.147 e. The summed E-state index contributed by atoms with van der Waals surface area (Å²) in [5.41, 5.74) is -1.33. The molecule has 16 heavy (non-hydrogen) atoms. The summed E-state index contributed by atoms with van der Waals surface area (Å²) in [6.07, 6.45) is 5.32. The number of halogens is 2. The van der Waals surface area contributed by atoms with Gasteiger partial charge >= 0.3 is 0 Å². The summed E-state index contributed by atoms with van der Waals surface area (Å²) in [7, 11) is 0. The molecule has 2 unspecified atom stereocenters. The SMILES string of the molecule is Fc1cnccc1C1(F)CC2CCC(C1)N2. The van der Waals surface area contributed by atoms with Gasteiger partial charge in [0.15, 0.2) is 0 Å². The number of aromatic nitrogens is 1. The van der Waals surface area contributed by atoms with Gasteiger partial charge in [-0.2, -0.15) is 0 Å². The Bertz CT molecular complexity index is 396. The summed E-state index contributed by atoms with van der Waals surface area (Å²) in [5, 5.41) is 3.36. The van der Waals surface area contributed by atoms with Gasteiger partial charge in [0.2, 0.25) is 0 Å². The normalized spacial score (nSPS) is 37.6. The van der Waals surface area contributed by atoms with Gasteiger partial charge in [0.05, 0.1) is 6.20 Å². The minimum atomic E-state index is -1.51. The Morgan fingerprint density at radius 1 is 1.31 bits per heavy atom. The Balaban J connectivity index is 1.96. The van der Waals surface area contributed by atoms with Crippen LogP contribution in [0.15, 0.2) is 18.5 Å². The van der Waals surface area contributed by atoms with E-state index in [-0.39, 0.29) is 17.6 Å². The summed E-state index contributed by atoms with van der Waals surface area (Å²) < 4.78 is 28.4. The molecule has 2 bridgehead atoms. The molecule has 0 amide bonds. The van der Waals surface area contributed by atoms with E-state index >= 15 is 0 Å². The Morgan fingerprint density at radius 3 is 2.62 bits per heavy atom. The lowest BCUT2D eigenvalue weighted by Crippen LogP contribution is -2.44. The maximum Gasteiger partial charge on any atom is 0.147 e. The van der Waals surface area contributed by atoms with E-state index in [2.05, 4.69) is 10.3 Å². The van der Waals surface area contributed by atoms with Crippen LogP contribution in [0, 0.1) is 5.82 Å². The number of hydrogen-bond acceptors (Lipinski definition) is 2. The predicted molar refractivity (Wildman–Crippen MR) is 56.2 cm³/mol. The third-order valence-electron chi connectivity index (χ3n) is 3.73. The van der Waals surface area contributed by atoms with E-state index in [9.17, 15) is 8.78 Å². The molecule has 2 fully saturated rings. The monoisotopic (exact) mass is 224 g/mol. The van der Waals surface area contributed by atoms with Crippen LogP contribution in [0.5, 0.6) is 0 Å². The second-order valence-corrected chi connectivity index (χ2v) is 4.87. The van der Waals surface area contributed by atoms with Crippen molar-refractivity contribution in [1.29, 1.82) is 0 Å². The first-order valence-electron chi connectivity index (χ1n) is 5.72. The highest BCUT2D eigenvalue weighted by molar-refractivity contribution is 5.24. The fourth-order valence-corrected chi connectivity index (χ4v) is 3.05. The number of hydrogen-bond donors (Lipinski definition) is 1. The largest absolute Gasteiger partial charge is 0.311 e. The molecule has 2 atom stereocenters. The molecule has 3 heterocycles. The summed E-state index contributed by atoms with van der Waals surface area (Å²) in [4.78, 5) is 3.67. The van der Waals surface area contributed by atoms with E-state index in [0.717, 1.165) is 19.0 Å². The first kappa shape index (κ1) is 10.1. The highest BCUT2D eigenvalue weighted by atomic mass is 19.1. The highest BCUT2D eigenvalue weighted by Gasteiger charge is 2.46. The lowest BCUT2D eigenvalue weighted by molar-refractivity contribution is 0.0831. The van der Waals surface area contributed by atoms with Gasteiger partial charge in [-0.25, -0.2) is 8.78 Å². The Labute approximate surface area is 93.1 Å². The number of pyridine rings is 1. The quantitative estimate of drug-likeness (QED) is 0.791. The first-order chi connectivity index (χ1) is 7.67. The van der Waals surface area contributed by atoms with Crippen molar-refractivity contribution < 1.29 is 8.78 Å². The second kappa shape index (κ2) is 3.48. The minimum Gasteiger partial charge on any atom is -0.311 e. The van der Waals surface area contributed by atoms with Crippen molar-refractivity contribution in [2.24, 2.45) is 0 Å². The molecule has 0 spiro atoms. The summed E-state index contributed by atoms with van der Waals surface area (Å²) in [6.45, 7) is 0. The zero-order valence-electron chi connectivity index (χ0n) is 8.92. The van der Waals surface area contributed by atoms with Crippen molar-refractivity contribution in [3.05, 3.63) is 29.8 Å². The number of alkyl halides is 1. The van der Waals surface area contributed by atoms with Crippen LogP contribution in [-0.4, -0.2) is 17.1 Å². The van der Waals surface area contributed by atoms with Crippen LogP contribution in [0.1, 0.15) is 31.2 Å². The highest BCUT2D eigenvalue weighted by Crippen LogP contribution is 2.44. The van der Waals surface area contributed by atoms with Crippen LogP contribution in [0.25, 0.3) is 0 Å². The van der Waals surface area contributed by atoms with E-state index < -0.39 is 11.5 Å². The lowest BCUT2D eigenvalue weighted by Gasteiger charge is -2.35. The molecule has 0 saturated carbocycles. The molecule has 1 aromatic heterocycles. The topological polar surface area (TPSA) is 24.9 Å². The van der Waals surface area contributed by atoms with Crippen molar-refractivity contribution in [3.63, 3.8) is 0 Å². The fraction of sp³-hybridized carbons (Fsp3) is 0.583. The van der Waals surface area contributed by atoms with Gasteiger partial charge in [0.1, 0.15) is 11.5 Å². The molecule has 0 radical (unpaired) electrons. The van der Waals surface area contributed by atoms with Crippen LogP contribution in [0.3, 0.4) is 0 Å². The summed E-state index contributed by atoms with van der Waals surface area (Å²) in [6, 6.07) is 1.88. The second-order valence-electron chi connectivity index (χ2n) is 4.87. The van der Waals surface area contributed by atoms with Crippen LogP contribution in [0.2, 0.25) is 0 Å². The molecule has 2 saturated heterocycles. The molecular formula is C12H14F2N2. The van der Waals surface area contributed by atoms with Crippen LogP contribution < -0.4 is 5.32 Å². The number of rotatable bonds is 1. The minimum absolute atomic E-state index is 0.181. The molecule has 2 nitrogen and oxygen atoms in total. The Hall–Kier alpha value is -1.03. The predicted octanol–water partition coefficient (Wildman–Crippen LogP) is 2.30. The third kappa shape index (κ3) is 1.52. The molecule has 0 aromatic carbocycles. The van der Waals surface area contributed by atoms with Crippen LogP contribution >= 0.6 is 0 Å². The fourth-order valence-electron chi connectivity index (χ4n) is 3.05. The summed E-state index contributed by atoms with van der Waals surface area (Å²) in [5.74, 6) is -0.522. The van der Waals surface area contributed by atoms with Gasteiger partial charge < -0.3 is 5.32 Å². The Kier molecular flexibility index (Phi) is 2.21. The van der Waals surface area contributed by atoms with Gasteiger partial charge in [-0.15, -0.1) is 0 Å². The average molecular weight is 224 g/mol. The molecule has 2 aliphatic heterocycles. The number of piperidine rings is 1. The molecule has 1 N–H and O–H groups in total. The van der Waals surface area contributed by atoms with Crippen molar-refractivity contribution in [3.8, 4) is 0 Å². The maximum atomic E-state index is 14.8. The third-order valence-corrected chi connectivity index (χ3v) is 3.73. The van der Waals surface area contributed by atoms with Gasteiger partial charge in [-0.3, -0.25) is 4.98 Å². The van der Waals surface area contributed by atoms with Gasteiger partial charge in [0.25, 0.3) is 0 Å². The standard InChI is InChI=1S/C12H14F2N2/c13-11-7-15-4-3-10(11)12(14)5-8-1-2-9(6-12)16-8/h3-4,7-9,16H,1-2,5-6H2. The molecule has 3 rings (SSSR count). The van der Waals surface area contributed by atoms with Crippen molar-refractivity contribution in [2.45, 2.75) is 43.4 Å². The zero-order chi connectivity index (χ0) is 11.2. The molecule has 4 heteroatoms. The van der Waals surface area contributed by atoms with Crippen molar-refractivity contribution in [1.82, 2.24) is 10.3 Å². The first-order valence-corrected chi connectivity index (χ1v) is 5.72. The van der Waals surface area contributed by atoms with E-state index in [1.165, 1.54) is 12.3 Å². The van der Waals surface area contributed by atoms with Crippen molar-refractivity contribution >= 4 is 0 Å². The van der Waals surface area contributed by atoms with E-state index in [1.807, 2.05) is 0 Å². The Morgan fingerprint density at radius 2 is 2.00 bits per heavy atom.